The van der Waals surface area contributed by atoms with Crippen molar-refractivity contribution < 1.29 is 19.8 Å². The first kappa shape index (κ1) is 19.6. The molecular formula is C12H24N2O4S2. The number of rotatable bonds is 9. The summed E-state index contributed by atoms with van der Waals surface area (Å²) in [5.74, 6) is -2.04. The zero-order chi connectivity index (χ0) is 16.1. The summed E-state index contributed by atoms with van der Waals surface area (Å²) in [5, 5.41) is 17.7. The van der Waals surface area contributed by atoms with Gasteiger partial charge in [0, 0.05) is 9.49 Å². The van der Waals surface area contributed by atoms with Crippen molar-refractivity contribution in [2.45, 2.75) is 62.1 Å². The van der Waals surface area contributed by atoms with Crippen molar-refractivity contribution in [2.75, 3.05) is 0 Å². The van der Waals surface area contributed by atoms with Gasteiger partial charge in [-0.1, -0.05) is 21.6 Å². The Hall–Kier alpha value is -0.440. The molecule has 20 heavy (non-hydrogen) atoms. The van der Waals surface area contributed by atoms with Gasteiger partial charge in [0.05, 0.1) is 0 Å². The molecule has 0 bridgehead atoms. The molecule has 0 rings (SSSR count). The lowest BCUT2D eigenvalue weighted by Crippen LogP contribution is -2.38. The average Bonchev–Trinajstić information content (AvgIpc) is 2.25. The zero-order valence-electron chi connectivity index (χ0n) is 12.3. The first-order chi connectivity index (χ1) is 8.86. The summed E-state index contributed by atoms with van der Waals surface area (Å²) in [5.41, 5.74) is 11.1. The molecule has 0 aliphatic rings. The fourth-order valence-electron chi connectivity index (χ4n) is 1.53. The zero-order valence-corrected chi connectivity index (χ0v) is 13.9. The Bertz CT molecular complexity index is 327. The van der Waals surface area contributed by atoms with E-state index in [-0.39, 0.29) is 9.49 Å². The third-order valence-corrected chi connectivity index (χ3v) is 6.83. The molecule has 8 heteroatoms. The van der Waals surface area contributed by atoms with E-state index in [0.717, 1.165) is 0 Å². The molecule has 118 valence electrons. The second-order valence-corrected chi connectivity index (χ2v) is 9.53. The summed E-state index contributed by atoms with van der Waals surface area (Å²) in [7, 11) is 3.02. The summed E-state index contributed by atoms with van der Waals surface area (Å²) in [6.45, 7) is 7.67. The highest BCUT2D eigenvalue weighted by atomic mass is 33.1. The minimum absolute atomic E-state index is 0.326. The highest BCUT2D eigenvalue weighted by molar-refractivity contribution is 8.77. The molecule has 0 aliphatic carbocycles. The Morgan fingerprint density at radius 3 is 1.35 bits per heavy atom. The maximum atomic E-state index is 10.8. The first-order valence-corrected chi connectivity index (χ1v) is 8.35. The molecule has 2 atom stereocenters. The molecule has 0 fully saturated rings. The lowest BCUT2D eigenvalue weighted by atomic mass is 10.0. The highest BCUT2D eigenvalue weighted by Crippen LogP contribution is 2.46. The van der Waals surface area contributed by atoms with Crippen LogP contribution in [0.25, 0.3) is 0 Å². The van der Waals surface area contributed by atoms with E-state index in [1.807, 2.05) is 27.7 Å². The Balaban J connectivity index is 4.43. The van der Waals surface area contributed by atoms with E-state index in [4.69, 9.17) is 21.7 Å². The fourth-order valence-corrected chi connectivity index (χ4v) is 4.24. The van der Waals surface area contributed by atoms with Gasteiger partial charge in [-0.2, -0.15) is 0 Å². The van der Waals surface area contributed by atoms with Crippen molar-refractivity contribution in [3.63, 3.8) is 0 Å². The minimum Gasteiger partial charge on any atom is -0.480 e. The van der Waals surface area contributed by atoms with Gasteiger partial charge in [0.2, 0.25) is 0 Å². The maximum absolute atomic E-state index is 10.8. The van der Waals surface area contributed by atoms with Gasteiger partial charge in [-0.15, -0.1) is 0 Å². The second-order valence-electron chi connectivity index (χ2n) is 5.98. The van der Waals surface area contributed by atoms with Crippen molar-refractivity contribution in [2.24, 2.45) is 11.5 Å². The van der Waals surface area contributed by atoms with Gasteiger partial charge in [-0.3, -0.25) is 9.59 Å². The van der Waals surface area contributed by atoms with Gasteiger partial charge in [-0.25, -0.2) is 0 Å². The van der Waals surface area contributed by atoms with E-state index in [2.05, 4.69) is 0 Å². The lowest BCUT2D eigenvalue weighted by molar-refractivity contribution is -0.139. The molecule has 1 unspecified atom stereocenters. The fraction of sp³-hybridized carbons (Fsp3) is 0.833. The van der Waals surface area contributed by atoms with Crippen LogP contribution in [0.1, 0.15) is 40.5 Å². The van der Waals surface area contributed by atoms with E-state index < -0.39 is 24.0 Å². The standard InChI is InChI=1S/C12H24N2O4S2/c1-11(2,5-7(13)9(15)16)19-20-12(3,4)6-8(14)10(17)18/h7-8H,5-6,13-14H2,1-4H3,(H,15,16)(H,17,18)/t7-,8?/m1/s1. The van der Waals surface area contributed by atoms with Crippen LogP contribution in [0.2, 0.25) is 0 Å². The van der Waals surface area contributed by atoms with Crippen molar-refractivity contribution in [3.8, 4) is 0 Å². The van der Waals surface area contributed by atoms with Crippen molar-refractivity contribution in [1.29, 1.82) is 0 Å². The molecule has 0 heterocycles. The second kappa shape index (κ2) is 7.53. The molecule has 0 aromatic rings. The van der Waals surface area contributed by atoms with Gasteiger partial charge in [0.25, 0.3) is 0 Å². The smallest absolute Gasteiger partial charge is 0.320 e. The number of hydrogen-bond donors (Lipinski definition) is 4. The minimum atomic E-state index is -1.02. The van der Waals surface area contributed by atoms with Crippen LogP contribution in [0.5, 0.6) is 0 Å². The summed E-state index contributed by atoms with van der Waals surface area (Å²) >= 11 is 0. The van der Waals surface area contributed by atoms with E-state index in [0.29, 0.717) is 12.8 Å². The van der Waals surface area contributed by atoms with Crippen LogP contribution in [0.15, 0.2) is 0 Å². The third kappa shape index (κ3) is 7.98. The van der Waals surface area contributed by atoms with Crippen LogP contribution < -0.4 is 11.5 Å². The summed E-state index contributed by atoms with van der Waals surface area (Å²) in [4.78, 5) is 21.6. The number of aliphatic carboxylic acids is 2. The molecule has 0 aromatic heterocycles. The Labute approximate surface area is 127 Å². The number of carboxylic acid groups (broad SMARTS) is 2. The van der Waals surface area contributed by atoms with Gasteiger partial charge < -0.3 is 21.7 Å². The van der Waals surface area contributed by atoms with Gasteiger partial charge >= 0.3 is 11.9 Å². The van der Waals surface area contributed by atoms with E-state index in [1.165, 1.54) is 21.6 Å². The average molecular weight is 324 g/mol. The van der Waals surface area contributed by atoms with Gasteiger partial charge in [0.1, 0.15) is 12.1 Å². The normalized spacial score (nSPS) is 15.7. The quantitative estimate of drug-likeness (QED) is 0.470. The number of carboxylic acids is 2. The summed E-state index contributed by atoms with van der Waals surface area (Å²) in [6, 6.07) is -1.80. The van der Waals surface area contributed by atoms with Crippen molar-refractivity contribution in [3.05, 3.63) is 0 Å². The topological polar surface area (TPSA) is 127 Å². The van der Waals surface area contributed by atoms with Crippen LogP contribution in [0.4, 0.5) is 0 Å². The highest BCUT2D eigenvalue weighted by Gasteiger charge is 2.31. The van der Waals surface area contributed by atoms with E-state index in [9.17, 15) is 9.59 Å². The molecule has 0 aliphatic heterocycles. The molecule has 0 saturated heterocycles. The molecule has 6 nitrogen and oxygen atoms in total. The van der Waals surface area contributed by atoms with E-state index in [1.54, 1.807) is 0 Å². The molecule has 0 saturated carbocycles. The van der Waals surface area contributed by atoms with Gasteiger partial charge in [-0.05, 0) is 40.5 Å². The van der Waals surface area contributed by atoms with Crippen molar-refractivity contribution in [1.82, 2.24) is 0 Å². The van der Waals surface area contributed by atoms with Crippen molar-refractivity contribution >= 4 is 33.5 Å². The Morgan fingerprint density at radius 2 is 1.15 bits per heavy atom. The van der Waals surface area contributed by atoms with Crippen LogP contribution in [-0.4, -0.2) is 43.7 Å². The van der Waals surface area contributed by atoms with Crippen LogP contribution in [0.3, 0.4) is 0 Å². The van der Waals surface area contributed by atoms with Crippen LogP contribution >= 0.6 is 21.6 Å². The van der Waals surface area contributed by atoms with Crippen LogP contribution in [0, 0.1) is 0 Å². The maximum Gasteiger partial charge on any atom is 0.320 e. The number of hydrogen-bond acceptors (Lipinski definition) is 6. The summed E-state index contributed by atoms with van der Waals surface area (Å²) in [6.07, 6.45) is 0.669. The predicted octanol–water partition coefficient (Wildman–Crippen LogP) is 1.53. The SMILES string of the molecule is CC(C)(CC(N)C(=O)O)SSC(C)(C)C[C@@H](N)C(=O)O. The van der Waals surface area contributed by atoms with E-state index >= 15 is 0 Å². The largest absolute Gasteiger partial charge is 0.480 e. The molecule has 0 radical (unpaired) electrons. The molecule has 6 N–H and O–H groups in total. The van der Waals surface area contributed by atoms with Crippen LogP contribution in [-0.2, 0) is 9.59 Å². The number of nitrogens with two attached hydrogens (primary N) is 2. The monoisotopic (exact) mass is 324 g/mol. The lowest BCUT2D eigenvalue weighted by Gasteiger charge is -2.31. The number of carbonyl (C=O) groups is 2. The Kier molecular flexibility index (Phi) is 7.37. The van der Waals surface area contributed by atoms with Gasteiger partial charge in [0.15, 0.2) is 0 Å². The predicted molar refractivity (Wildman–Crippen MR) is 83.8 cm³/mol. The molecule has 0 amide bonds. The third-order valence-electron chi connectivity index (χ3n) is 2.55. The molecule has 0 spiro atoms. The first-order valence-electron chi connectivity index (χ1n) is 6.20. The molecular weight excluding hydrogens is 300 g/mol. The Morgan fingerprint density at radius 1 is 0.900 bits per heavy atom. The summed E-state index contributed by atoms with van der Waals surface area (Å²) < 4.78 is -0.653. The molecule has 0 aromatic carbocycles.